The molecule has 0 atom stereocenters. The molecule has 0 heterocycles. The number of anilines is 2. The van der Waals surface area contributed by atoms with Crippen molar-refractivity contribution in [1.82, 2.24) is 0 Å². The summed E-state index contributed by atoms with van der Waals surface area (Å²) in [4.78, 5) is -0.119. The van der Waals surface area contributed by atoms with Gasteiger partial charge in [-0.15, -0.1) is 0 Å². The van der Waals surface area contributed by atoms with Gasteiger partial charge in [0.2, 0.25) is 0 Å². The molecule has 3 aromatic rings. The van der Waals surface area contributed by atoms with E-state index in [0.29, 0.717) is 6.07 Å². The highest BCUT2D eigenvalue weighted by Crippen LogP contribution is 2.31. The fraction of sp³-hybridized carbons (Fsp3) is 0.182. The first kappa shape index (κ1) is 23.1. The summed E-state index contributed by atoms with van der Waals surface area (Å²) in [5.74, 6) is 0. The predicted molar refractivity (Wildman–Crippen MR) is 118 cm³/mol. The molecule has 3 aromatic carbocycles. The second kappa shape index (κ2) is 8.38. The Morgan fingerprint density at radius 1 is 0.667 bits per heavy atom. The van der Waals surface area contributed by atoms with Crippen molar-refractivity contribution in [2.24, 2.45) is 0 Å². The summed E-state index contributed by atoms with van der Waals surface area (Å²) in [6, 6.07) is 13.7. The maximum atomic E-state index is 12.9. The van der Waals surface area contributed by atoms with E-state index in [1.807, 2.05) is 0 Å². The van der Waals surface area contributed by atoms with E-state index in [2.05, 4.69) is 9.44 Å². The second-order valence-corrected chi connectivity index (χ2v) is 11.0. The van der Waals surface area contributed by atoms with E-state index >= 15 is 0 Å². The highest BCUT2D eigenvalue weighted by Gasteiger charge is 2.30. The maximum Gasteiger partial charge on any atom is 0.416 e. The number of sulfonamides is 2. The maximum absolute atomic E-state index is 12.9. The molecule has 1 aliphatic carbocycles. The number of alkyl halides is 3. The number of halogens is 3. The van der Waals surface area contributed by atoms with Crippen molar-refractivity contribution >= 4 is 31.4 Å². The average molecular weight is 497 g/mol. The van der Waals surface area contributed by atoms with Crippen LogP contribution in [0.4, 0.5) is 24.5 Å². The monoisotopic (exact) mass is 496 g/mol. The Balaban J connectivity index is 1.51. The first-order chi connectivity index (χ1) is 15.4. The summed E-state index contributed by atoms with van der Waals surface area (Å²) < 4.78 is 93.6. The third kappa shape index (κ3) is 5.14. The van der Waals surface area contributed by atoms with E-state index < -0.39 is 31.8 Å². The number of benzene rings is 3. The van der Waals surface area contributed by atoms with Gasteiger partial charge in [-0.2, -0.15) is 13.2 Å². The molecule has 0 fully saturated rings. The summed E-state index contributed by atoms with van der Waals surface area (Å²) in [5.41, 5.74) is 1.05. The number of hydrogen-bond donors (Lipinski definition) is 2. The topological polar surface area (TPSA) is 92.3 Å². The molecule has 0 unspecified atom stereocenters. The smallest absolute Gasteiger partial charge is 0.280 e. The molecule has 0 spiro atoms. The number of rotatable bonds is 6. The Morgan fingerprint density at radius 2 is 1.27 bits per heavy atom. The van der Waals surface area contributed by atoms with Gasteiger partial charge < -0.3 is 0 Å². The van der Waals surface area contributed by atoms with Crippen molar-refractivity contribution in [3.05, 3.63) is 83.4 Å². The number of hydrogen-bond acceptors (Lipinski definition) is 4. The molecule has 0 aromatic heterocycles. The number of fused-ring (bicyclic) bond motifs is 1. The van der Waals surface area contributed by atoms with Crippen molar-refractivity contribution in [3.63, 3.8) is 0 Å². The van der Waals surface area contributed by atoms with Gasteiger partial charge in [-0.1, -0.05) is 12.1 Å². The summed E-state index contributed by atoms with van der Waals surface area (Å²) >= 11 is 0. The van der Waals surface area contributed by atoms with Crippen molar-refractivity contribution in [1.29, 1.82) is 0 Å². The lowest BCUT2D eigenvalue weighted by Crippen LogP contribution is -2.15. The zero-order chi connectivity index (χ0) is 23.9. The van der Waals surface area contributed by atoms with E-state index in [0.717, 1.165) is 54.7 Å². The van der Waals surface area contributed by atoms with E-state index in [-0.39, 0.29) is 21.2 Å². The van der Waals surface area contributed by atoms with Crippen LogP contribution in [-0.4, -0.2) is 16.8 Å². The van der Waals surface area contributed by atoms with Crippen LogP contribution < -0.4 is 9.44 Å². The van der Waals surface area contributed by atoms with E-state index in [1.54, 1.807) is 12.1 Å². The van der Waals surface area contributed by atoms with Gasteiger partial charge in [-0.25, -0.2) is 16.8 Å². The largest absolute Gasteiger partial charge is 0.416 e. The zero-order valence-electron chi connectivity index (χ0n) is 17.1. The molecule has 11 heteroatoms. The van der Waals surface area contributed by atoms with Crippen molar-refractivity contribution < 1.29 is 30.0 Å². The SMILES string of the molecule is O=S(=O)(Nc1cccc(C(F)(F)F)c1)c1ccc(NS(=O)(=O)c2ccc3c(c2)CCC3)cc1. The Kier molecular flexibility index (Phi) is 5.87. The Labute approximate surface area is 189 Å². The van der Waals surface area contributed by atoms with Crippen LogP contribution in [0.15, 0.2) is 76.5 Å². The van der Waals surface area contributed by atoms with Crippen LogP contribution in [0.3, 0.4) is 0 Å². The van der Waals surface area contributed by atoms with Crippen LogP contribution in [0.25, 0.3) is 0 Å². The molecule has 0 aliphatic heterocycles. The molecule has 33 heavy (non-hydrogen) atoms. The first-order valence-corrected chi connectivity index (χ1v) is 12.9. The summed E-state index contributed by atoms with van der Waals surface area (Å²) in [7, 11) is -8.06. The minimum absolute atomic E-state index is 0.117. The lowest BCUT2D eigenvalue weighted by atomic mass is 10.1. The van der Waals surface area contributed by atoms with Gasteiger partial charge in [0.25, 0.3) is 20.0 Å². The molecule has 174 valence electrons. The van der Waals surface area contributed by atoms with Crippen molar-refractivity contribution in [3.8, 4) is 0 Å². The summed E-state index contributed by atoms with van der Waals surface area (Å²) in [5, 5.41) is 0. The van der Waals surface area contributed by atoms with Gasteiger partial charge in [-0.05, 0) is 85.0 Å². The normalized spacial score (nSPS) is 14.0. The Bertz CT molecular complexity index is 1400. The average Bonchev–Trinajstić information content (AvgIpc) is 3.21. The third-order valence-electron chi connectivity index (χ3n) is 5.24. The highest BCUT2D eigenvalue weighted by molar-refractivity contribution is 7.93. The van der Waals surface area contributed by atoms with Gasteiger partial charge in [0.15, 0.2) is 0 Å². The molecule has 0 radical (unpaired) electrons. The third-order valence-corrected chi connectivity index (χ3v) is 8.02. The molecule has 4 rings (SSSR count). The molecule has 6 nitrogen and oxygen atoms in total. The molecule has 0 amide bonds. The predicted octanol–water partition coefficient (Wildman–Crippen LogP) is 4.80. The lowest BCUT2D eigenvalue weighted by molar-refractivity contribution is -0.137. The van der Waals surface area contributed by atoms with E-state index in [4.69, 9.17) is 0 Å². The number of nitrogens with one attached hydrogen (secondary N) is 2. The summed E-state index contributed by atoms with van der Waals surface area (Å²) in [6.07, 6.45) is -1.88. The van der Waals surface area contributed by atoms with Crippen LogP contribution in [0.1, 0.15) is 23.1 Å². The number of aryl methyl sites for hydroxylation is 2. The summed E-state index contributed by atoms with van der Waals surface area (Å²) in [6.45, 7) is 0. The van der Waals surface area contributed by atoms with Crippen molar-refractivity contribution in [2.45, 2.75) is 35.2 Å². The van der Waals surface area contributed by atoms with Crippen LogP contribution in [0.5, 0.6) is 0 Å². The van der Waals surface area contributed by atoms with Gasteiger partial charge >= 0.3 is 6.18 Å². The molecule has 2 N–H and O–H groups in total. The van der Waals surface area contributed by atoms with Crippen molar-refractivity contribution in [2.75, 3.05) is 9.44 Å². The quantitative estimate of drug-likeness (QED) is 0.513. The molecule has 0 saturated heterocycles. The zero-order valence-corrected chi connectivity index (χ0v) is 18.7. The van der Waals surface area contributed by atoms with Crippen LogP contribution in [0.2, 0.25) is 0 Å². The second-order valence-electron chi connectivity index (χ2n) is 7.60. The van der Waals surface area contributed by atoms with Gasteiger partial charge in [-0.3, -0.25) is 9.44 Å². The first-order valence-electron chi connectivity index (χ1n) is 9.89. The Hall–Kier alpha value is -3.05. The molecule has 0 saturated carbocycles. The minimum atomic E-state index is -4.61. The minimum Gasteiger partial charge on any atom is -0.280 e. The van der Waals surface area contributed by atoms with Gasteiger partial charge in [0.05, 0.1) is 15.4 Å². The van der Waals surface area contributed by atoms with Gasteiger partial charge in [0, 0.05) is 11.4 Å². The molecule has 0 bridgehead atoms. The van der Waals surface area contributed by atoms with Crippen LogP contribution >= 0.6 is 0 Å². The lowest BCUT2D eigenvalue weighted by Gasteiger charge is -2.12. The molecular weight excluding hydrogens is 477 g/mol. The highest BCUT2D eigenvalue weighted by atomic mass is 32.2. The van der Waals surface area contributed by atoms with Crippen LogP contribution in [0, 0.1) is 0 Å². The van der Waals surface area contributed by atoms with E-state index in [1.165, 1.54) is 24.3 Å². The fourth-order valence-corrected chi connectivity index (χ4v) is 5.76. The van der Waals surface area contributed by atoms with Gasteiger partial charge in [0.1, 0.15) is 0 Å². The molecular formula is C22H19F3N2O4S2. The standard InChI is InChI=1S/C22H19F3N2O4S2/c23-22(24,25)17-5-2-6-19(14-17)27-32(28,29)20-11-8-18(9-12-20)26-33(30,31)21-10-7-15-3-1-4-16(15)13-21/h2,5-14,26-27H,1,3-4H2. The Morgan fingerprint density at radius 3 is 1.97 bits per heavy atom. The fourth-order valence-electron chi connectivity index (χ4n) is 3.60. The van der Waals surface area contributed by atoms with Crippen LogP contribution in [-0.2, 0) is 39.1 Å². The molecule has 1 aliphatic rings. The van der Waals surface area contributed by atoms with E-state index in [9.17, 15) is 30.0 Å².